The number of carbonyl (C=O) groups excluding carboxylic acids is 1. The quantitative estimate of drug-likeness (QED) is 0.365. The number of aryl methyl sites for hydroxylation is 1. The summed E-state index contributed by atoms with van der Waals surface area (Å²) in [5.74, 6) is -0.123. The zero-order valence-electron chi connectivity index (χ0n) is 19.3. The largest absolute Gasteiger partial charge is 0.366 e. The van der Waals surface area contributed by atoms with Crippen molar-refractivity contribution in [3.05, 3.63) is 95.4 Å². The van der Waals surface area contributed by atoms with E-state index in [1.54, 1.807) is 18.2 Å². The number of rotatable bonds is 7. The van der Waals surface area contributed by atoms with Crippen LogP contribution in [-0.4, -0.2) is 35.4 Å². The molecule has 0 atom stereocenters. The number of aromatic amines is 1. The molecular weight excluding hydrogens is 425 g/mol. The number of fused-ring (bicyclic) bond motifs is 1. The molecule has 4 nitrogen and oxygen atoms in total. The number of benzene rings is 3. The Morgan fingerprint density at radius 2 is 1.82 bits per heavy atom. The molecule has 4 aromatic rings. The van der Waals surface area contributed by atoms with Gasteiger partial charge in [-0.1, -0.05) is 36.4 Å². The van der Waals surface area contributed by atoms with E-state index in [-0.39, 0.29) is 5.82 Å². The third kappa shape index (κ3) is 4.75. The second kappa shape index (κ2) is 9.82. The van der Waals surface area contributed by atoms with Crippen LogP contribution < -0.4 is 5.73 Å². The Labute approximate surface area is 199 Å². The van der Waals surface area contributed by atoms with Crippen LogP contribution in [0.3, 0.4) is 0 Å². The van der Waals surface area contributed by atoms with Crippen molar-refractivity contribution in [1.82, 2.24) is 9.88 Å². The Hall–Kier alpha value is -3.44. The molecule has 5 heteroatoms. The average Bonchev–Trinajstić information content (AvgIpc) is 3.27. The van der Waals surface area contributed by atoms with Crippen molar-refractivity contribution in [2.75, 3.05) is 19.6 Å². The summed E-state index contributed by atoms with van der Waals surface area (Å²) in [7, 11) is 0. The Bertz CT molecular complexity index is 1290. The standard InChI is InChI=1S/C29H30FN3O/c30-24-9-10-25(26(18-24)20-5-2-1-3-6-20)21-12-15-33(16-13-21)14-4-7-23-19-32-28-11-8-22(29(31)34)17-27(23)28/h1-3,5-6,8-11,17-19,21,32H,4,7,12-16H2,(H2,31,34). The molecule has 5 rings (SSSR count). The van der Waals surface area contributed by atoms with E-state index in [0.29, 0.717) is 11.5 Å². The third-order valence-corrected chi connectivity index (χ3v) is 7.10. The van der Waals surface area contributed by atoms with Crippen LogP contribution in [0.4, 0.5) is 4.39 Å². The molecule has 0 saturated carbocycles. The van der Waals surface area contributed by atoms with Gasteiger partial charge in [-0.3, -0.25) is 4.79 Å². The van der Waals surface area contributed by atoms with E-state index in [1.807, 2.05) is 42.6 Å². The zero-order valence-corrected chi connectivity index (χ0v) is 19.3. The predicted molar refractivity (Wildman–Crippen MR) is 135 cm³/mol. The number of nitrogens with zero attached hydrogens (tertiary/aromatic N) is 1. The number of hydrogen-bond acceptors (Lipinski definition) is 2. The molecule has 34 heavy (non-hydrogen) atoms. The first kappa shape index (κ1) is 22.4. The summed E-state index contributed by atoms with van der Waals surface area (Å²) in [5, 5.41) is 1.08. The van der Waals surface area contributed by atoms with Crippen LogP contribution in [0.5, 0.6) is 0 Å². The Kier molecular flexibility index (Phi) is 6.45. The minimum Gasteiger partial charge on any atom is -0.366 e. The minimum absolute atomic E-state index is 0.180. The van der Waals surface area contributed by atoms with Gasteiger partial charge in [0.05, 0.1) is 0 Å². The van der Waals surface area contributed by atoms with Crippen LogP contribution in [-0.2, 0) is 6.42 Å². The van der Waals surface area contributed by atoms with Crippen LogP contribution in [0, 0.1) is 5.82 Å². The maximum atomic E-state index is 14.0. The van der Waals surface area contributed by atoms with E-state index >= 15 is 0 Å². The Morgan fingerprint density at radius 1 is 1.03 bits per heavy atom. The van der Waals surface area contributed by atoms with Gasteiger partial charge in [0.2, 0.25) is 5.91 Å². The van der Waals surface area contributed by atoms with Crippen molar-refractivity contribution in [2.24, 2.45) is 5.73 Å². The number of primary amides is 1. The number of hydrogen-bond donors (Lipinski definition) is 2. The summed E-state index contributed by atoms with van der Waals surface area (Å²) >= 11 is 0. The van der Waals surface area contributed by atoms with Gasteiger partial charge in [0.25, 0.3) is 0 Å². The summed E-state index contributed by atoms with van der Waals surface area (Å²) in [6.07, 6.45) is 6.23. The van der Waals surface area contributed by atoms with E-state index in [0.717, 1.165) is 67.3 Å². The number of aromatic nitrogens is 1. The molecule has 0 spiro atoms. The van der Waals surface area contributed by atoms with E-state index in [9.17, 15) is 9.18 Å². The van der Waals surface area contributed by atoms with Crippen molar-refractivity contribution in [1.29, 1.82) is 0 Å². The number of carbonyl (C=O) groups is 1. The molecule has 0 unspecified atom stereocenters. The number of likely N-dealkylation sites (tertiary alicyclic amines) is 1. The lowest BCUT2D eigenvalue weighted by Gasteiger charge is -2.33. The number of nitrogens with two attached hydrogens (primary N) is 1. The molecule has 1 amide bonds. The molecule has 1 aromatic heterocycles. The molecule has 1 aliphatic heterocycles. The second-order valence-corrected chi connectivity index (χ2v) is 9.26. The lowest BCUT2D eigenvalue weighted by Crippen LogP contribution is -2.34. The minimum atomic E-state index is -0.395. The molecule has 1 saturated heterocycles. The first-order chi connectivity index (χ1) is 16.6. The molecule has 0 radical (unpaired) electrons. The molecule has 2 heterocycles. The van der Waals surface area contributed by atoms with Crippen molar-refractivity contribution in [3.63, 3.8) is 0 Å². The highest BCUT2D eigenvalue weighted by Gasteiger charge is 2.23. The van der Waals surface area contributed by atoms with Crippen molar-refractivity contribution in [3.8, 4) is 11.1 Å². The molecular formula is C29H30FN3O. The topological polar surface area (TPSA) is 62.1 Å². The summed E-state index contributed by atoms with van der Waals surface area (Å²) in [5.41, 5.74) is 11.6. The lowest BCUT2D eigenvalue weighted by atomic mass is 9.84. The van der Waals surface area contributed by atoms with Gasteiger partial charge >= 0.3 is 0 Å². The van der Waals surface area contributed by atoms with Gasteiger partial charge in [-0.2, -0.15) is 0 Å². The number of nitrogens with one attached hydrogen (secondary N) is 1. The number of halogens is 1. The fraction of sp³-hybridized carbons (Fsp3) is 0.276. The molecule has 0 bridgehead atoms. The monoisotopic (exact) mass is 455 g/mol. The SMILES string of the molecule is NC(=O)c1ccc2[nH]cc(CCCN3CCC(c4ccc(F)cc4-c4ccccc4)CC3)c2c1. The summed E-state index contributed by atoms with van der Waals surface area (Å²) in [6, 6.07) is 21.0. The summed E-state index contributed by atoms with van der Waals surface area (Å²) < 4.78 is 14.0. The van der Waals surface area contributed by atoms with Crippen LogP contribution in [0.2, 0.25) is 0 Å². The second-order valence-electron chi connectivity index (χ2n) is 9.26. The highest BCUT2D eigenvalue weighted by Crippen LogP contribution is 2.36. The molecule has 1 aliphatic rings. The first-order valence-electron chi connectivity index (χ1n) is 12.1. The third-order valence-electron chi connectivity index (χ3n) is 7.10. The molecule has 0 aliphatic carbocycles. The van der Waals surface area contributed by atoms with E-state index in [4.69, 9.17) is 5.73 Å². The molecule has 174 valence electrons. The van der Waals surface area contributed by atoms with Gasteiger partial charge in [0, 0.05) is 22.7 Å². The van der Waals surface area contributed by atoms with Crippen molar-refractivity contribution < 1.29 is 9.18 Å². The summed E-state index contributed by atoms with van der Waals surface area (Å²) in [6.45, 7) is 3.15. The van der Waals surface area contributed by atoms with Gasteiger partial charge < -0.3 is 15.6 Å². The number of piperidine rings is 1. The average molecular weight is 456 g/mol. The van der Waals surface area contributed by atoms with Gasteiger partial charge in [0.1, 0.15) is 5.82 Å². The van der Waals surface area contributed by atoms with E-state index in [2.05, 4.69) is 22.0 Å². The van der Waals surface area contributed by atoms with Crippen molar-refractivity contribution >= 4 is 16.8 Å². The number of H-pyrrole nitrogens is 1. The normalized spacial score (nSPS) is 15.1. The van der Waals surface area contributed by atoms with Crippen LogP contribution in [0.1, 0.15) is 46.7 Å². The lowest BCUT2D eigenvalue weighted by molar-refractivity contribution is 0.100. The van der Waals surface area contributed by atoms with Crippen LogP contribution in [0.25, 0.3) is 22.0 Å². The van der Waals surface area contributed by atoms with Gasteiger partial charge in [-0.25, -0.2) is 4.39 Å². The highest BCUT2D eigenvalue weighted by atomic mass is 19.1. The van der Waals surface area contributed by atoms with E-state index < -0.39 is 5.91 Å². The van der Waals surface area contributed by atoms with Gasteiger partial charge in [0.15, 0.2) is 0 Å². The van der Waals surface area contributed by atoms with Gasteiger partial charge in [-0.15, -0.1) is 0 Å². The van der Waals surface area contributed by atoms with Crippen molar-refractivity contribution in [2.45, 2.75) is 31.6 Å². The fourth-order valence-electron chi connectivity index (χ4n) is 5.25. The van der Waals surface area contributed by atoms with Crippen LogP contribution in [0.15, 0.2) is 72.9 Å². The molecule has 3 aromatic carbocycles. The van der Waals surface area contributed by atoms with Crippen LogP contribution >= 0.6 is 0 Å². The molecule has 3 N–H and O–H groups in total. The predicted octanol–water partition coefficient (Wildman–Crippen LogP) is 5.89. The zero-order chi connectivity index (χ0) is 23.5. The highest BCUT2D eigenvalue weighted by molar-refractivity contribution is 5.97. The maximum absolute atomic E-state index is 14.0. The Balaban J connectivity index is 1.19. The van der Waals surface area contributed by atoms with Gasteiger partial charge in [-0.05, 0) is 104 Å². The fourth-order valence-corrected chi connectivity index (χ4v) is 5.25. The van der Waals surface area contributed by atoms with E-state index in [1.165, 1.54) is 11.1 Å². The Morgan fingerprint density at radius 3 is 2.59 bits per heavy atom. The summed E-state index contributed by atoms with van der Waals surface area (Å²) in [4.78, 5) is 17.4. The smallest absolute Gasteiger partial charge is 0.248 e. The molecule has 1 fully saturated rings. The maximum Gasteiger partial charge on any atom is 0.248 e. The number of amides is 1. The first-order valence-corrected chi connectivity index (χ1v) is 12.1.